The van der Waals surface area contributed by atoms with E-state index >= 15 is 0 Å². The standard InChI is InChI=1S/C18H22FN3O/c19-15-3-4-16-17(9-15)20-12-22(18(16)23)11-14-5-7-21(8-6-14)10-13-1-2-13/h3-4,9,12-14H,1-2,5-8,10-11H2. The van der Waals surface area contributed by atoms with Gasteiger partial charge in [0.1, 0.15) is 5.82 Å². The van der Waals surface area contributed by atoms with Gasteiger partial charge in [-0.2, -0.15) is 0 Å². The Morgan fingerprint density at radius 2 is 1.83 bits per heavy atom. The summed E-state index contributed by atoms with van der Waals surface area (Å²) < 4.78 is 14.9. The number of fused-ring (bicyclic) bond motifs is 1. The molecule has 1 aliphatic carbocycles. The molecule has 5 heteroatoms. The Hall–Kier alpha value is -1.75. The quantitative estimate of drug-likeness (QED) is 0.870. The third kappa shape index (κ3) is 3.29. The van der Waals surface area contributed by atoms with Crippen LogP contribution in [0.5, 0.6) is 0 Å². The molecule has 0 radical (unpaired) electrons. The van der Waals surface area contributed by atoms with Gasteiger partial charge in [0.2, 0.25) is 0 Å². The zero-order valence-electron chi connectivity index (χ0n) is 13.2. The summed E-state index contributed by atoms with van der Waals surface area (Å²) >= 11 is 0. The molecule has 1 saturated heterocycles. The van der Waals surface area contributed by atoms with E-state index in [1.165, 1.54) is 37.6 Å². The van der Waals surface area contributed by atoms with E-state index in [0.717, 1.165) is 38.4 Å². The molecule has 0 atom stereocenters. The Morgan fingerprint density at radius 3 is 2.57 bits per heavy atom. The highest BCUT2D eigenvalue weighted by atomic mass is 19.1. The minimum Gasteiger partial charge on any atom is -0.303 e. The predicted octanol–water partition coefficient (Wildman–Crippen LogP) is 2.66. The van der Waals surface area contributed by atoms with E-state index in [9.17, 15) is 9.18 Å². The number of benzene rings is 1. The number of halogens is 1. The maximum absolute atomic E-state index is 13.2. The molecule has 4 rings (SSSR count). The van der Waals surface area contributed by atoms with E-state index in [2.05, 4.69) is 9.88 Å². The highest BCUT2D eigenvalue weighted by molar-refractivity contribution is 5.77. The average molecular weight is 315 g/mol. The molecule has 0 amide bonds. The molecule has 2 heterocycles. The Labute approximate surface area is 134 Å². The van der Waals surface area contributed by atoms with Crippen LogP contribution in [0.1, 0.15) is 25.7 Å². The van der Waals surface area contributed by atoms with Gasteiger partial charge >= 0.3 is 0 Å². The highest BCUT2D eigenvalue weighted by Crippen LogP contribution is 2.31. The summed E-state index contributed by atoms with van der Waals surface area (Å²) in [6.45, 7) is 4.26. The van der Waals surface area contributed by atoms with Crippen LogP contribution in [0.3, 0.4) is 0 Å². The Balaban J connectivity index is 1.44. The van der Waals surface area contributed by atoms with Gasteiger partial charge in [0, 0.05) is 19.2 Å². The topological polar surface area (TPSA) is 38.1 Å². The molecule has 1 aromatic heterocycles. The number of hydrogen-bond acceptors (Lipinski definition) is 3. The molecule has 0 spiro atoms. The fraction of sp³-hybridized carbons (Fsp3) is 0.556. The van der Waals surface area contributed by atoms with Gasteiger partial charge < -0.3 is 4.90 Å². The second kappa shape index (κ2) is 6.04. The number of nitrogens with zero attached hydrogens (tertiary/aromatic N) is 3. The molecule has 23 heavy (non-hydrogen) atoms. The largest absolute Gasteiger partial charge is 0.303 e. The lowest BCUT2D eigenvalue weighted by molar-refractivity contribution is 0.167. The summed E-state index contributed by atoms with van der Waals surface area (Å²) in [4.78, 5) is 19.3. The van der Waals surface area contributed by atoms with Crippen molar-refractivity contribution in [3.63, 3.8) is 0 Å². The van der Waals surface area contributed by atoms with Gasteiger partial charge in [-0.25, -0.2) is 9.37 Å². The van der Waals surface area contributed by atoms with E-state index in [-0.39, 0.29) is 11.4 Å². The first-order chi connectivity index (χ1) is 11.2. The van der Waals surface area contributed by atoms with Crippen LogP contribution in [0, 0.1) is 17.7 Å². The summed E-state index contributed by atoms with van der Waals surface area (Å²) in [6.07, 6.45) is 6.65. The van der Waals surface area contributed by atoms with E-state index in [4.69, 9.17) is 0 Å². The Kier molecular flexibility index (Phi) is 3.89. The minimum atomic E-state index is -0.356. The molecule has 122 valence electrons. The first-order valence-electron chi connectivity index (χ1n) is 8.56. The van der Waals surface area contributed by atoms with Crippen molar-refractivity contribution in [3.8, 4) is 0 Å². The molecule has 0 N–H and O–H groups in total. The van der Waals surface area contributed by atoms with Gasteiger partial charge in [-0.1, -0.05) is 0 Å². The Morgan fingerprint density at radius 1 is 1.09 bits per heavy atom. The molecule has 2 fully saturated rings. The van der Waals surface area contributed by atoms with Crippen LogP contribution in [0.4, 0.5) is 4.39 Å². The highest BCUT2D eigenvalue weighted by Gasteiger charge is 2.27. The summed E-state index contributed by atoms with van der Waals surface area (Å²) in [5.41, 5.74) is 0.376. The third-order valence-corrected chi connectivity index (χ3v) is 5.16. The average Bonchev–Trinajstić information content (AvgIpc) is 3.36. The summed E-state index contributed by atoms with van der Waals surface area (Å²) in [7, 11) is 0. The van der Waals surface area contributed by atoms with Crippen molar-refractivity contribution >= 4 is 10.9 Å². The van der Waals surface area contributed by atoms with Gasteiger partial charge in [-0.3, -0.25) is 9.36 Å². The fourth-order valence-electron chi connectivity index (χ4n) is 3.56. The number of hydrogen-bond donors (Lipinski definition) is 0. The van der Waals surface area contributed by atoms with E-state index in [1.54, 1.807) is 10.9 Å². The van der Waals surface area contributed by atoms with Gasteiger partial charge in [0.25, 0.3) is 5.56 Å². The number of rotatable bonds is 4. The van der Waals surface area contributed by atoms with Crippen molar-refractivity contribution in [2.75, 3.05) is 19.6 Å². The van der Waals surface area contributed by atoms with Crippen LogP contribution in [-0.2, 0) is 6.54 Å². The molecule has 4 nitrogen and oxygen atoms in total. The molecule has 2 aromatic rings. The summed E-state index contributed by atoms with van der Waals surface area (Å²) in [6, 6.07) is 4.18. The molecular weight excluding hydrogens is 293 g/mol. The lowest BCUT2D eigenvalue weighted by atomic mass is 9.96. The molecule has 1 aliphatic heterocycles. The summed E-state index contributed by atoms with van der Waals surface area (Å²) in [5.74, 6) is 1.12. The van der Waals surface area contributed by atoms with Crippen molar-refractivity contribution in [1.29, 1.82) is 0 Å². The lowest BCUT2D eigenvalue weighted by Crippen LogP contribution is -2.37. The van der Waals surface area contributed by atoms with E-state index < -0.39 is 0 Å². The third-order valence-electron chi connectivity index (χ3n) is 5.16. The molecule has 1 saturated carbocycles. The fourth-order valence-corrected chi connectivity index (χ4v) is 3.56. The summed E-state index contributed by atoms with van der Waals surface area (Å²) in [5, 5.41) is 0.500. The first kappa shape index (κ1) is 14.8. The predicted molar refractivity (Wildman–Crippen MR) is 87.8 cm³/mol. The molecule has 2 aliphatic rings. The first-order valence-corrected chi connectivity index (χ1v) is 8.56. The van der Waals surface area contributed by atoms with Gasteiger partial charge in [-0.15, -0.1) is 0 Å². The molecule has 0 bridgehead atoms. The van der Waals surface area contributed by atoms with Crippen molar-refractivity contribution in [1.82, 2.24) is 14.5 Å². The Bertz CT molecular complexity index is 760. The molecule has 0 unspecified atom stereocenters. The van der Waals surface area contributed by atoms with Crippen molar-refractivity contribution in [2.45, 2.75) is 32.2 Å². The lowest BCUT2D eigenvalue weighted by Gasteiger charge is -2.32. The zero-order chi connectivity index (χ0) is 15.8. The van der Waals surface area contributed by atoms with E-state index in [1.807, 2.05) is 0 Å². The van der Waals surface area contributed by atoms with Crippen molar-refractivity contribution < 1.29 is 4.39 Å². The van der Waals surface area contributed by atoms with E-state index in [0.29, 0.717) is 16.8 Å². The van der Waals surface area contributed by atoms with Crippen LogP contribution in [0.2, 0.25) is 0 Å². The van der Waals surface area contributed by atoms with Crippen molar-refractivity contribution in [3.05, 3.63) is 40.7 Å². The zero-order valence-corrected chi connectivity index (χ0v) is 13.2. The minimum absolute atomic E-state index is 0.0598. The van der Waals surface area contributed by atoms with Crippen LogP contribution in [0.15, 0.2) is 29.3 Å². The monoisotopic (exact) mass is 315 g/mol. The van der Waals surface area contributed by atoms with Crippen LogP contribution in [-0.4, -0.2) is 34.1 Å². The number of piperidine rings is 1. The van der Waals surface area contributed by atoms with Crippen LogP contribution in [0.25, 0.3) is 10.9 Å². The maximum atomic E-state index is 13.2. The smallest absolute Gasteiger partial charge is 0.261 e. The SMILES string of the molecule is O=c1c2ccc(F)cc2ncn1CC1CCN(CC2CC2)CC1. The molecular formula is C18H22FN3O. The molecule has 1 aromatic carbocycles. The van der Waals surface area contributed by atoms with Crippen molar-refractivity contribution in [2.24, 2.45) is 11.8 Å². The van der Waals surface area contributed by atoms with Gasteiger partial charge in [0.05, 0.1) is 17.2 Å². The number of likely N-dealkylation sites (tertiary alicyclic amines) is 1. The number of aromatic nitrogens is 2. The van der Waals surface area contributed by atoms with Crippen LogP contribution < -0.4 is 5.56 Å². The normalized spacial score (nSPS) is 20.2. The van der Waals surface area contributed by atoms with Crippen LogP contribution >= 0.6 is 0 Å². The second-order valence-corrected chi connectivity index (χ2v) is 7.05. The van der Waals surface area contributed by atoms with Gasteiger partial charge in [-0.05, 0) is 62.7 Å². The second-order valence-electron chi connectivity index (χ2n) is 7.05. The van der Waals surface area contributed by atoms with Gasteiger partial charge in [0.15, 0.2) is 0 Å². The maximum Gasteiger partial charge on any atom is 0.261 e.